The van der Waals surface area contributed by atoms with Crippen LogP contribution in [0, 0.1) is 0 Å². The van der Waals surface area contributed by atoms with Crippen molar-refractivity contribution in [2.45, 2.75) is 146 Å². The predicted octanol–water partition coefficient (Wildman–Crippen LogP) is -1.31. The molecular formula is C49H72N14O8. The Balaban J connectivity index is 1.56. The lowest BCUT2D eigenvalue weighted by atomic mass is 10.0. The average Bonchev–Trinajstić information content (AvgIpc) is 4.05. The highest BCUT2D eigenvalue weighted by molar-refractivity contribution is 5.99. The largest absolute Gasteiger partial charge is 0.370 e. The van der Waals surface area contributed by atoms with Crippen LogP contribution in [-0.4, -0.2) is 143 Å². The van der Waals surface area contributed by atoms with Gasteiger partial charge in [0.05, 0.1) is 0 Å². The molecule has 0 bridgehead atoms. The Kier molecular flexibility index (Phi) is 21.0. The van der Waals surface area contributed by atoms with Gasteiger partial charge in [-0.1, -0.05) is 80.4 Å². The molecule has 0 aromatic heterocycles. The molecule has 14 N–H and O–H groups in total. The van der Waals surface area contributed by atoms with Gasteiger partial charge in [0.1, 0.15) is 48.3 Å². The van der Waals surface area contributed by atoms with Gasteiger partial charge in [-0.2, -0.15) is 0 Å². The van der Waals surface area contributed by atoms with Crippen LogP contribution in [0.15, 0.2) is 70.6 Å². The minimum atomic E-state index is -1.31. The normalized spacial score (nSPS) is 25.3. The number of amides is 8. The minimum absolute atomic E-state index is 0.0114. The molecule has 0 spiro atoms. The van der Waals surface area contributed by atoms with Crippen LogP contribution in [0.2, 0.25) is 0 Å². The van der Waals surface area contributed by atoms with Gasteiger partial charge in [0, 0.05) is 39.0 Å². The third-order valence-corrected chi connectivity index (χ3v) is 12.9. The summed E-state index contributed by atoms with van der Waals surface area (Å²) in [6.45, 7) is 4.10. The molecule has 8 amide bonds. The van der Waals surface area contributed by atoms with Gasteiger partial charge >= 0.3 is 0 Å². The van der Waals surface area contributed by atoms with E-state index in [0.29, 0.717) is 49.7 Å². The van der Waals surface area contributed by atoms with Gasteiger partial charge in [0.15, 0.2) is 11.9 Å². The number of nitrogens with one attached hydrogen (secondary N) is 6. The summed E-state index contributed by atoms with van der Waals surface area (Å²) >= 11 is 0. The van der Waals surface area contributed by atoms with Crippen molar-refractivity contribution in [1.29, 1.82) is 0 Å². The number of guanidine groups is 2. The first-order valence-electron chi connectivity index (χ1n) is 24.7. The Hall–Kier alpha value is -7.26. The highest BCUT2D eigenvalue weighted by Crippen LogP contribution is 2.27. The smallest absolute Gasteiger partial charge is 0.246 e. The molecule has 5 rings (SSSR count). The number of benzene rings is 2. The lowest BCUT2D eigenvalue weighted by Crippen LogP contribution is -2.61. The van der Waals surface area contributed by atoms with E-state index in [9.17, 15) is 38.4 Å². The molecule has 2 aromatic carbocycles. The van der Waals surface area contributed by atoms with Crippen molar-refractivity contribution in [2.75, 3.05) is 26.2 Å². The van der Waals surface area contributed by atoms with E-state index < -0.39 is 95.6 Å². The summed E-state index contributed by atoms with van der Waals surface area (Å²) in [4.78, 5) is 126. The van der Waals surface area contributed by atoms with Crippen molar-refractivity contribution < 1.29 is 38.4 Å². The van der Waals surface area contributed by atoms with Crippen LogP contribution in [0.5, 0.6) is 0 Å². The summed E-state index contributed by atoms with van der Waals surface area (Å²) in [7, 11) is 0. The molecule has 3 aliphatic rings. The summed E-state index contributed by atoms with van der Waals surface area (Å²) in [6.07, 6.45) is 3.60. The molecule has 0 aliphatic carbocycles. The molecule has 3 fully saturated rings. The number of hydrogen-bond acceptors (Lipinski definition) is 10. The van der Waals surface area contributed by atoms with Gasteiger partial charge in [-0.25, -0.2) is 0 Å². The first-order chi connectivity index (χ1) is 34.1. The highest BCUT2D eigenvalue weighted by atomic mass is 16.2. The molecule has 0 unspecified atom stereocenters. The van der Waals surface area contributed by atoms with Gasteiger partial charge in [0.25, 0.3) is 0 Å². The van der Waals surface area contributed by atoms with Crippen LogP contribution in [0.1, 0.15) is 95.6 Å². The van der Waals surface area contributed by atoms with Crippen molar-refractivity contribution in [3.63, 3.8) is 0 Å². The fourth-order valence-corrected chi connectivity index (χ4v) is 9.07. The third kappa shape index (κ3) is 16.4. The van der Waals surface area contributed by atoms with E-state index in [1.807, 2.05) is 6.92 Å². The van der Waals surface area contributed by atoms with Gasteiger partial charge in [-0.3, -0.25) is 48.3 Å². The molecule has 3 aliphatic heterocycles. The zero-order valence-electron chi connectivity index (χ0n) is 40.8. The van der Waals surface area contributed by atoms with Crippen LogP contribution >= 0.6 is 0 Å². The topological polar surface area (TPSA) is 344 Å². The molecular weight excluding hydrogens is 913 g/mol. The van der Waals surface area contributed by atoms with E-state index in [1.54, 1.807) is 60.7 Å². The van der Waals surface area contributed by atoms with Gasteiger partial charge in [0.2, 0.25) is 47.3 Å². The number of aliphatic imine (C=N–C) groups is 2. The van der Waals surface area contributed by atoms with Crippen molar-refractivity contribution in [3.05, 3.63) is 71.8 Å². The highest BCUT2D eigenvalue weighted by Gasteiger charge is 2.44. The number of rotatable bonds is 15. The van der Waals surface area contributed by atoms with Gasteiger partial charge in [-0.15, -0.1) is 0 Å². The number of nitrogens with two attached hydrogens (primary N) is 4. The van der Waals surface area contributed by atoms with E-state index in [4.69, 9.17) is 22.9 Å². The molecule has 0 saturated carbocycles. The Morgan fingerprint density at radius 1 is 0.507 bits per heavy atom. The predicted molar refractivity (Wildman–Crippen MR) is 266 cm³/mol. The Bertz CT molecular complexity index is 2220. The van der Waals surface area contributed by atoms with Gasteiger partial charge < -0.3 is 64.6 Å². The molecule has 0 radical (unpaired) electrons. The summed E-state index contributed by atoms with van der Waals surface area (Å²) in [5.74, 6) is -5.40. The molecule has 8 atom stereocenters. The van der Waals surface area contributed by atoms with Crippen LogP contribution in [-0.2, 0) is 51.2 Å². The Labute approximate surface area is 414 Å². The van der Waals surface area contributed by atoms with Gasteiger partial charge in [-0.05, 0) is 75.8 Å². The van der Waals surface area contributed by atoms with Crippen molar-refractivity contribution >= 4 is 59.2 Å². The second kappa shape index (κ2) is 27.2. The molecule has 22 nitrogen and oxygen atoms in total. The van der Waals surface area contributed by atoms with E-state index in [-0.39, 0.29) is 83.0 Å². The SMILES string of the molecule is CCCC[C@@H]1NC(=O)[C@H](C)NC(=O)[C@H](CCCN=C(N)N)NC(=O)[C@H](Cc2ccccc2)NC(=O)[C@H](Cc2ccccc2)NC(=O)[C@H](CCCN=C(N)N)NC(=O)[C@@H]2CCCN2C(=O)[C@H]2CCCN2C1=O. The summed E-state index contributed by atoms with van der Waals surface area (Å²) in [5, 5.41) is 16.8. The van der Waals surface area contributed by atoms with E-state index in [0.717, 1.165) is 0 Å². The van der Waals surface area contributed by atoms with Crippen LogP contribution in [0.4, 0.5) is 0 Å². The van der Waals surface area contributed by atoms with E-state index in [1.165, 1.54) is 16.7 Å². The molecule has 71 heavy (non-hydrogen) atoms. The third-order valence-electron chi connectivity index (χ3n) is 12.9. The lowest BCUT2D eigenvalue weighted by molar-refractivity contribution is -0.148. The molecule has 3 saturated heterocycles. The van der Waals surface area contributed by atoms with Crippen LogP contribution in [0.25, 0.3) is 0 Å². The summed E-state index contributed by atoms with van der Waals surface area (Å²) < 4.78 is 0. The number of hydrogen-bond donors (Lipinski definition) is 10. The molecule has 22 heteroatoms. The first-order valence-corrected chi connectivity index (χ1v) is 24.7. The lowest BCUT2D eigenvalue weighted by Gasteiger charge is -2.33. The quantitative estimate of drug-likeness (QED) is 0.0566. The fourth-order valence-electron chi connectivity index (χ4n) is 9.07. The Morgan fingerprint density at radius 3 is 1.41 bits per heavy atom. The van der Waals surface area contributed by atoms with Crippen molar-refractivity contribution in [2.24, 2.45) is 32.9 Å². The second-order valence-electron chi connectivity index (χ2n) is 18.3. The monoisotopic (exact) mass is 985 g/mol. The van der Waals surface area contributed by atoms with Crippen LogP contribution in [0.3, 0.4) is 0 Å². The van der Waals surface area contributed by atoms with Crippen molar-refractivity contribution in [3.8, 4) is 0 Å². The van der Waals surface area contributed by atoms with Crippen LogP contribution < -0.4 is 54.8 Å². The minimum Gasteiger partial charge on any atom is -0.370 e. The average molecular weight is 985 g/mol. The number of nitrogens with zero attached hydrogens (tertiary/aromatic N) is 4. The molecule has 2 aromatic rings. The number of carbonyl (C=O) groups excluding carboxylic acids is 8. The zero-order valence-corrected chi connectivity index (χ0v) is 40.8. The van der Waals surface area contributed by atoms with Crippen molar-refractivity contribution in [1.82, 2.24) is 41.7 Å². The zero-order chi connectivity index (χ0) is 51.5. The number of carbonyl (C=O) groups is 8. The molecule has 3 heterocycles. The van der Waals surface area contributed by atoms with E-state index >= 15 is 0 Å². The molecule has 386 valence electrons. The second-order valence-corrected chi connectivity index (χ2v) is 18.3. The Morgan fingerprint density at radius 2 is 0.915 bits per heavy atom. The maximum absolute atomic E-state index is 14.6. The standard InChI is InChI=1S/C49H72N14O8/c1-3-4-19-35-46(70)63-27-14-23-39(63)47(71)62-26-13-22-38(62)45(69)58-34(21-12-25-55-49(52)53)42(66)60-37(29-32-17-9-6-10-18-32)44(68)61-36(28-31-15-7-5-8-16-31)43(67)57-33(20-11-24-54-48(50)51)41(65)56-30(2)40(64)59-35/h5-10,15-18,30,33-39H,3-4,11-14,19-29H2,1-2H3,(H,56,65)(H,57,67)(H,58,69)(H,59,64)(H,60,66)(H,61,68)(H4,50,51,54)(H4,52,53,55)/t30-,33-,34-,35-,36-,37-,38-,39+/m0/s1. The summed E-state index contributed by atoms with van der Waals surface area (Å²) in [6, 6.07) is 8.54. The number of fused-ring (bicyclic) bond motifs is 2. The maximum atomic E-state index is 14.6. The maximum Gasteiger partial charge on any atom is 0.246 e. The van der Waals surface area contributed by atoms with E-state index in [2.05, 4.69) is 41.9 Å². The first kappa shape index (κ1) is 54.7. The summed E-state index contributed by atoms with van der Waals surface area (Å²) in [5.41, 5.74) is 23.6. The fraction of sp³-hybridized carbons (Fsp3) is 0.551. The number of unbranched alkanes of at least 4 members (excludes halogenated alkanes) is 1.